The first-order valence-electron chi connectivity index (χ1n) is 8.78. The van der Waals surface area contributed by atoms with Crippen molar-refractivity contribution in [1.29, 1.82) is 0 Å². The lowest BCUT2D eigenvalue weighted by atomic mass is 10.1. The fraction of sp³-hybridized carbons (Fsp3) is 0.0526. The number of carbonyl (C=O) groups excluding carboxylic acids is 1. The lowest BCUT2D eigenvalue weighted by molar-refractivity contribution is 0.270. The van der Waals surface area contributed by atoms with Crippen molar-refractivity contribution in [3.8, 4) is 5.95 Å². The van der Waals surface area contributed by atoms with E-state index in [4.69, 9.17) is 11.5 Å². The molecule has 5 N–H and O–H groups in total. The standard InChI is InChI=1S/C19H14F3N7OS/c20-10-5-6-11(21)14(22)9(10)7-12-8-3-1-2-4-13(8)29(28-12)18-26-16(23)15(17(24)27-18)25-19(30)31/h1-6H,7H2,(H2,25,30,31)(H4,23,24,26,27). The number of nitrogens with one attached hydrogen (secondary N) is 1. The predicted molar refractivity (Wildman–Crippen MR) is 113 cm³/mol. The van der Waals surface area contributed by atoms with E-state index in [2.05, 4.69) is 33.0 Å². The zero-order valence-corrected chi connectivity index (χ0v) is 16.5. The van der Waals surface area contributed by atoms with E-state index in [0.29, 0.717) is 10.9 Å². The molecule has 1 amide bonds. The van der Waals surface area contributed by atoms with Crippen LogP contribution in [-0.4, -0.2) is 25.0 Å². The molecule has 0 atom stereocenters. The number of benzene rings is 2. The number of nitrogen functional groups attached to an aromatic ring is 2. The van der Waals surface area contributed by atoms with E-state index in [1.54, 1.807) is 24.3 Å². The van der Waals surface area contributed by atoms with Gasteiger partial charge in [0.15, 0.2) is 23.3 Å². The van der Waals surface area contributed by atoms with Crippen LogP contribution < -0.4 is 16.8 Å². The van der Waals surface area contributed by atoms with Crippen LogP contribution >= 0.6 is 12.6 Å². The number of para-hydroxylation sites is 1. The molecule has 4 aromatic rings. The minimum absolute atomic E-state index is 0.00987. The Hall–Kier alpha value is -3.80. The molecule has 2 aromatic heterocycles. The molecule has 0 saturated heterocycles. The lowest BCUT2D eigenvalue weighted by Gasteiger charge is -2.10. The molecule has 8 nitrogen and oxygen atoms in total. The van der Waals surface area contributed by atoms with Crippen molar-refractivity contribution in [2.45, 2.75) is 6.42 Å². The number of amides is 1. The van der Waals surface area contributed by atoms with Gasteiger partial charge in [-0.25, -0.2) is 13.2 Å². The van der Waals surface area contributed by atoms with Gasteiger partial charge in [0.05, 0.1) is 11.2 Å². The summed E-state index contributed by atoms with van der Waals surface area (Å²) >= 11 is 3.60. The molecule has 0 fully saturated rings. The third-order valence-corrected chi connectivity index (χ3v) is 4.63. The fourth-order valence-corrected chi connectivity index (χ4v) is 3.24. The monoisotopic (exact) mass is 445 g/mol. The lowest BCUT2D eigenvalue weighted by Crippen LogP contribution is -2.14. The van der Waals surface area contributed by atoms with E-state index in [9.17, 15) is 18.0 Å². The number of nitrogens with zero attached hydrogens (tertiary/aromatic N) is 4. The molecular weight excluding hydrogens is 431 g/mol. The van der Waals surface area contributed by atoms with Crippen molar-refractivity contribution in [3.63, 3.8) is 0 Å². The molecule has 0 aliphatic carbocycles. The van der Waals surface area contributed by atoms with E-state index in [1.165, 1.54) is 4.68 Å². The van der Waals surface area contributed by atoms with Crippen LogP contribution in [0.25, 0.3) is 16.9 Å². The molecular formula is C19H14F3N7OS. The van der Waals surface area contributed by atoms with E-state index in [-0.39, 0.29) is 35.4 Å². The number of fused-ring (bicyclic) bond motifs is 1. The highest BCUT2D eigenvalue weighted by Gasteiger charge is 2.21. The number of halogens is 3. The van der Waals surface area contributed by atoms with Crippen molar-refractivity contribution in [2.75, 3.05) is 16.8 Å². The predicted octanol–water partition coefficient (Wildman–Crippen LogP) is 3.45. The Morgan fingerprint density at radius 3 is 2.35 bits per heavy atom. The highest BCUT2D eigenvalue weighted by Crippen LogP contribution is 2.28. The number of carbonyl (C=O) groups is 1. The normalized spacial score (nSPS) is 11.1. The second-order valence-electron chi connectivity index (χ2n) is 6.47. The van der Waals surface area contributed by atoms with Gasteiger partial charge in [0, 0.05) is 17.4 Å². The number of hydrogen-bond donors (Lipinski definition) is 4. The molecule has 158 valence electrons. The Morgan fingerprint density at radius 1 is 1.03 bits per heavy atom. The first-order chi connectivity index (χ1) is 14.8. The van der Waals surface area contributed by atoms with E-state index < -0.39 is 28.3 Å². The summed E-state index contributed by atoms with van der Waals surface area (Å²) in [5, 5.41) is 6.51. The maximum atomic E-state index is 14.2. The van der Waals surface area contributed by atoms with Crippen LogP contribution in [0, 0.1) is 17.5 Å². The van der Waals surface area contributed by atoms with E-state index in [1.807, 2.05) is 0 Å². The third kappa shape index (κ3) is 3.72. The molecule has 0 aliphatic heterocycles. The molecule has 31 heavy (non-hydrogen) atoms. The highest BCUT2D eigenvalue weighted by molar-refractivity contribution is 7.96. The van der Waals surface area contributed by atoms with Crippen LogP contribution in [0.2, 0.25) is 0 Å². The van der Waals surface area contributed by atoms with Gasteiger partial charge in [-0.3, -0.25) is 4.79 Å². The zero-order chi connectivity index (χ0) is 22.3. The summed E-state index contributed by atoms with van der Waals surface area (Å²) in [5.41, 5.74) is 12.0. The Kier molecular flexibility index (Phi) is 5.15. The smallest absolute Gasteiger partial charge is 0.280 e. The number of thiol groups is 1. The minimum Gasteiger partial charge on any atom is -0.382 e. The Bertz CT molecular complexity index is 1320. The summed E-state index contributed by atoms with van der Waals surface area (Å²) < 4.78 is 43.2. The molecule has 0 unspecified atom stereocenters. The number of hydrogen-bond acceptors (Lipinski definition) is 6. The number of aromatic nitrogens is 4. The Morgan fingerprint density at radius 2 is 1.68 bits per heavy atom. The Balaban J connectivity index is 1.85. The maximum Gasteiger partial charge on any atom is 0.280 e. The minimum atomic E-state index is -1.28. The molecule has 12 heteroatoms. The number of anilines is 3. The van der Waals surface area contributed by atoms with Gasteiger partial charge in [-0.2, -0.15) is 19.7 Å². The second kappa shape index (κ2) is 7.80. The molecule has 0 radical (unpaired) electrons. The maximum absolute atomic E-state index is 14.2. The van der Waals surface area contributed by atoms with Gasteiger partial charge in [-0.1, -0.05) is 30.8 Å². The summed E-state index contributed by atoms with van der Waals surface area (Å²) in [4.78, 5) is 19.4. The van der Waals surface area contributed by atoms with Gasteiger partial charge < -0.3 is 16.8 Å². The molecule has 0 bridgehead atoms. The number of nitrogens with two attached hydrogens (primary N) is 2. The molecule has 2 heterocycles. The second-order valence-corrected chi connectivity index (χ2v) is 6.88. The molecule has 0 spiro atoms. The summed E-state index contributed by atoms with van der Waals surface area (Å²) in [6, 6.07) is 8.37. The quantitative estimate of drug-likeness (QED) is 0.282. The van der Waals surface area contributed by atoms with E-state index in [0.717, 1.165) is 12.1 Å². The number of rotatable bonds is 4. The van der Waals surface area contributed by atoms with Gasteiger partial charge in [-0.15, -0.1) is 0 Å². The van der Waals surface area contributed by atoms with Crippen molar-refractivity contribution < 1.29 is 18.0 Å². The van der Waals surface area contributed by atoms with Crippen molar-refractivity contribution in [3.05, 3.63) is 65.1 Å². The van der Waals surface area contributed by atoms with Gasteiger partial charge in [0.1, 0.15) is 11.5 Å². The van der Waals surface area contributed by atoms with Crippen molar-refractivity contribution >= 4 is 46.1 Å². The van der Waals surface area contributed by atoms with Gasteiger partial charge in [-0.05, 0) is 18.2 Å². The van der Waals surface area contributed by atoms with E-state index >= 15 is 0 Å². The van der Waals surface area contributed by atoms with Crippen LogP contribution in [0.4, 0.5) is 35.3 Å². The molecule has 0 saturated carbocycles. The first-order valence-corrected chi connectivity index (χ1v) is 9.23. The topological polar surface area (TPSA) is 125 Å². The first kappa shape index (κ1) is 20.5. The van der Waals surface area contributed by atoms with Gasteiger partial charge in [0.25, 0.3) is 11.2 Å². The average molecular weight is 445 g/mol. The summed E-state index contributed by atoms with van der Waals surface area (Å²) in [5.74, 6) is -3.63. The van der Waals surface area contributed by atoms with Crippen LogP contribution in [0.15, 0.2) is 36.4 Å². The van der Waals surface area contributed by atoms with Gasteiger partial charge in [0.2, 0.25) is 0 Å². The summed E-state index contributed by atoms with van der Waals surface area (Å²) in [6.07, 6.45) is -0.318. The SMILES string of the molecule is Nc1nc(-n2nc(Cc3c(F)ccc(F)c3F)c3ccccc32)nc(N)c1NC(=O)S. The summed E-state index contributed by atoms with van der Waals surface area (Å²) in [7, 11) is 0. The molecule has 0 aliphatic rings. The summed E-state index contributed by atoms with van der Waals surface area (Å²) in [6.45, 7) is 0. The molecule has 4 rings (SSSR count). The van der Waals surface area contributed by atoms with Crippen LogP contribution in [0.5, 0.6) is 0 Å². The largest absolute Gasteiger partial charge is 0.382 e. The molecule has 2 aromatic carbocycles. The Labute approximate surface area is 178 Å². The van der Waals surface area contributed by atoms with Crippen LogP contribution in [0.1, 0.15) is 11.3 Å². The van der Waals surface area contributed by atoms with Crippen molar-refractivity contribution in [2.24, 2.45) is 0 Å². The average Bonchev–Trinajstić information content (AvgIpc) is 3.09. The van der Waals surface area contributed by atoms with Crippen molar-refractivity contribution in [1.82, 2.24) is 19.7 Å². The van der Waals surface area contributed by atoms with Gasteiger partial charge >= 0.3 is 0 Å². The van der Waals surface area contributed by atoms with Crippen LogP contribution in [0.3, 0.4) is 0 Å². The highest BCUT2D eigenvalue weighted by atomic mass is 32.1. The van der Waals surface area contributed by atoms with Crippen LogP contribution in [-0.2, 0) is 6.42 Å². The fourth-order valence-electron chi connectivity index (χ4n) is 3.13. The third-order valence-electron chi connectivity index (χ3n) is 4.52. The zero-order valence-electron chi connectivity index (χ0n) is 15.6.